The van der Waals surface area contributed by atoms with Gasteiger partial charge in [0.25, 0.3) is 0 Å². The quantitative estimate of drug-likeness (QED) is 0.872. The second kappa shape index (κ2) is 3.59. The highest BCUT2D eigenvalue weighted by atomic mass is 16.5. The summed E-state index contributed by atoms with van der Waals surface area (Å²) in [5.74, 6) is 1.22. The molecular formula is C14H21N3O. The van der Waals surface area contributed by atoms with Gasteiger partial charge in [-0.05, 0) is 36.7 Å². The van der Waals surface area contributed by atoms with Crippen molar-refractivity contribution in [3.8, 4) is 6.01 Å². The predicted octanol–water partition coefficient (Wildman–Crippen LogP) is 2.65. The molecule has 2 aliphatic rings. The Kier molecular flexibility index (Phi) is 2.34. The fourth-order valence-electron chi connectivity index (χ4n) is 3.85. The topological polar surface area (TPSA) is 61.0 Å². The first kappa shape index (κ1) is 11.8. The number of hydrogen-bond acceptors (Lipinski definition) is 4. The van der Waals surface area contributed by atoms with Gasteiger partial charge in [0, 0.05) is 11.6 Å². The Morgan fingerprint density at radius 1 is 1.39 bits per heavy atom. The molecule has 2 N–H and O–H groups in total. The molecule has 18 heavy (non-hydrogen) atoms. The zero-order valence-electron chi connectivity index (χ0n) is 11.3. The summed E-state index contributed by atoms with van der Waals surface area (Å²) in [6.45, 7) is 7.08. The molecule has 4 nitrogen and oxygen atoms in total. The monoisotopic (exact) mass is 247 g/mol. The first-order valence-electron chi connectivity index (χ1n) is 6.69. The van der Waals surface area contributed by atoms with E-state index >= 15 is 0 Å². The highest BCUT2D eigenvalue weighted by Gasteiger charge is 2.62. The smallest absolute Gasteiger partial charge is 0.318 e. The molecule has 2 bridgehead atoms. The normalized spacial score (nSPS) is 36.8. The lowest BCUT2D eigenvalue weighted by molar-refractivity contribution is 0.0243. The molecule has 2 fully saturated rings. The van der Waals surface area contributed by atoms with E-state index in [1.54, 1.807) is 12.3 Å². The number of fused-ring (bicyclic) bond motifs is 2. The molecule has 1 aromatic rings. The lowest BCUT2D eigenvalue weighted by Gasteiger charge is -2.38. The van der Waals surface area contributed by atoms with Crippen LogP contribution in [0.4, 0.5) is 5.82 Å². The number of nitrogens with zero attached hydrogens (tertiary/aromatic N) is 2. The SMILES string of the molecule is CC1(C)C2CCC1(C)C(Oc1nccc(N)n1)C2. The molecule has 0 aromatic carbocycles. The molecule has 1 heterocycles. The largest absolute Gasteiger partial charge is 0.459 e. The predicted molar refractivity (Wildman–Crippen MR) is 70.1 cm³/mol. The molecule has 0 spiro atoms. The van der Waals surface area contributed by atoms with Gasteiger partial charge < -0.3 is 10.5 Å². The summed E-state index contributed by atoms with van der Waals surface area (Å²) in [6.07, 6.45) is 5.53. The van der Waals surface area contributed by atoms with Crippen molar-refractivity contribution in [1.29, 1.82) is 0 Å². The van der Waals surface area contributed by atoms with Crippen LogP contribution in [-0.2, 0) is 0 Å². The van der Waals surface area contributed by atoms with Crippen molar-refractivity contribution in [3.05, 3.63) is 12.3 Å². The third kappa shape index (κ3) is 1.44. The van der Waals surface area contributed by atoms with Gasteiger partial charge in [-0.1, -0.05) is 20.8 Å². The molecular weight excluding hydrogens is 226 g/mol. The van der Waals surface area contributed by atoms with Crippen molar-refractivity contribution in [2.75, 3.05) is 5.73 Å². The number of hydrogen-bond donors (Lipinski definition) is 1. The molecule has 0 saturated heterocycles. The van der Waals surface area contributed by atoms with Crippen LogP contribution >= 0.6 is 0 Å². The summed E-state index contributed by atoms with van der Waals surface area (Å²) in [6, 6.07) is 2.10. The molecule has 98 valence electrons. The highest BCUT2D eigenvalue weighted by Crippen LogP contribution is 2.65. The standard InChI is InChI=1S/C14H21N3O/c1-13(2)9-4-6-14(13,3)10(8-9)18-12-16-7-5-11(15)17-12/h5,7,9-10H,4,6,8H2,1-3H3,(H2,15,16,17). The lowest BCUT2D eigenvalue weighted by Crippen LogP contribution is -2.39. The van der Waals surface area contributed by atoms with E-state index in [9.17, 15) is 0 Å². The second-order valence-corrected chi connectivity index (χ2v) is 6.48. The number of nitrogens with two attached hydrogens (primary N) is 1. The van der Waals surface area contributed by atoms with Crippen molar-refractivity contribution < 1.29 is 4.74 Å². The average Bonchev–Trinajstić information content (AvgIpc) is 2.62. The Balaban J connectivity index is 1.84. The number of nitrogen functional groups attached to an aromatic ring is 1. The summed E-state index contributed by atoms with van der Waals surface area (Å²) in [5, 5.41) is 0. The Bertz CT molecular complexity index is 474. The molecule has 0 radical (unpaired) electrons. The van der Waals surface area contributed by atoms with E-state index in [4.69, 9.17) is 10.5 Å². The van der Waals surface area contributed by atoms with Gasteiger partial charge in [-0.3, -0.25) is 0 Å². The van der Waals surface area contributed by atoms with Crippen LogP contribution in [0.2, 0.25) is 0 Å². The van der Waals surface area contributed by atoms with Gasteiger partial charge in [-0.25, -0.2) is 4.98 Å². The maximum Gasteiger partial charge on any atom is 0.318 e. The van der Waals surface area contributed by atoms with Gasteiger partial charge in [-0.2, -0.15) is 4.98 Å². The number of ether oxygens (including phenoxy) is 1. The van der Waals surface area contributed by atoms with E-state index in [1.165, 1.54) is 12.8 Å². The van der Waals surface area contributed by atoms with Crippen molar-refractivity contribution in [2.24, 2.45) is 16.7 Å². The van der Waals surface area contributed by atoms with E-state index in [0.717, 1.165) is 12.3 Å². The highest BCUT2D eigenvalue weighted by molar-refractivity contribution is 5.26. The van der Waals surface area contributed by atoms with Crippen LogP contribution in [0.25, 0.3) is 0 Å². The third-order valence-corrected chi connectivity index (χ3v) is 5.62. The first-order chi connectivity index (χ1) is 8.43. The molecule has 2 saturated carbocycles. The van der Waals surface area contributed by atoms with E-state index in [1.807, 2.05) is 0 Å². The lowest BCUT2D eigenvalue weighted by atomic mass is 9.70. The molecule has 3 atom stereocenters. The van der Waals surface area contributed by atoms with Crippen molar-refractivity contribution in [1.82, 2.24) is 9.97 Å². The molecule has 2 aliphatic carbocycles. The third-order valence-electron chi connectivity index (χ3n) is 5.62. The van der Waals surface area contributed by atoms with Crippen LogP contribution in [0.3, 0.4) is 0 Å². The minimum atomic E-state index is 0.216. The maximum absolute atomic E-state index is 6.03. The summed E-state index contributed by atoms with van der Waals surface area (Å²) >= 11 is 0. The van der Waals surface area contributed by atoms with Gasteiger partial charge in [0.2, 0.25) is 0 Å². The Morgan fingerprint density at radius 3 is 2.72 bits per heavy atom. The van der Waals surface area contributed by atoms with Crippen molar-refractivity contribution in [3.63, 3.8) is 0 Å². The molecule has 4 heteroatoms. The van der Waals surface area contributed by atoms with Crippen LogP contribution in [0, 0.1) is 16.7 Å². The number of anilines is 1. The van der Waals surface area contributed by atoms with E-state index in [2.05, 4.69) is 30.7 Å². The minimum absolute atomic E-state index is 0.216. The van der Waals surface area contributed by atoms with Crippen LogP contribution in [0.5, 0.6) is 6.01 Å². The zero-order valence-corrected chi connectivity index (χ0v) is 11.3. The Hall–Kier alpha value is -1.32. The van der Waals surface area contributed by atoms with Gasteiger partial charge in [-0.15, -0.1) is 0 Å². The molecule has 3 unspecified atom stereocenters. The van der Waals surface area contributed by atoms with Gasteiger partial charge >= 0.3 is 6.01 Å². The van der Waals surface area contributed by atoms with Gasteiger partial charge in [0.1, 0.15) is 11.9 Å². The molecule has 1 aromatic heterocycles. The number of rotatable bonds is 2. The van der Waals surface area contributed by atoms with Crippen molar-refractivity contribution in [2.45, 2.75) is 46.1 Å². The summed E-state index contributed by atoms with van der Waals surface area (Å²) in [5.41, 5.74) is 6.24. The van der Waals surface area contributed by atoms with Gasteiger partial charge in [0.15, 0.2) is 0 Å². The van der Waals surface area contributed by atoms with Crippen molar-refractivity contribution >= 4 is 5.82 Å². The fourth-order valence-corrected chi connectivity index (χ4v) is 3.85. The van der Waals surface area contributed by atoms with E-state index < -0.39 is 0 Å². The average molecular weight is 247 g/mol. The van der Waals surface area contributed by atoms with Crippen LogP contribution in [0.15, 0.2) is 12.3 Å². The van der Waals surface area contributed by atoms with E-state index in [0.29, 0.717) is 17.2 Å². The van der Waals surface area contributed by atoms with Gasteiger partial charge in [0.05, 0.1) is 0 Å². The molecule has 0 aliphatic heterocycles. The zero-order chi connectivity index (χ0) is 13.0. The fraction of sp³-hybridized carbons (Fsp3) is 0.714. The van der Waals surface area contributed by atoms with Crippen LogP contribution < -0.4 is 10.5 Å². The summed E-state index contributed by atoms with van der Waals surface area (Å²) < 4.78 is 6.03. The Labute approximate surface area is 108 Å². The van der Waals surface area contributed by atoms with E-state index in [-0.39, 0.29) is 11.5 Å². The maximum atomic E-state index is 6.03. The van der Waals surface area contributed by atoms with Crippen LogP contribution in [0.1, 0.15) is 40.0 Å². The minimum Gasteiger partial charge on any atom is -0.459 e. The van der Waals surface area contributed by atoms with Crippen LogP contribution in [-0.4, -0.2) is 16.1 Å². The number of aromatic nitrogens is 2. The first-order valence-corrected chi connectivity index (χ1v) is 6.69. The Morgan fingerprint density at radius 2 is 2.17 bits per heavy atom. The summed E-state index contributed by atoms with van der Waals surface area (Å²) in [7, 11) is 0. The second-order valence-electron chi connectivity index (χ2n) is 6.48. The molecule has 3 rings (SSSR count). The molecule has 0 amide bonds. The summed E-state index contributed by atoms with van der Waals surface area (Å²) in [4.78, 5) is 8.30.